The molecule has 138 valence electrons. The second-order valence-electron chi connectivity index (χ2n) is 5.70. The van der Waals surface area contributed by atoms with E-state index in [1.54, 1.807) is 38.7 Å². The Balaban J connectivity index is 1.75. The number of hydrogen-bond acceptors (Lipinski definition) is 4. The van der Waals surface area contributed by atoms with Crippen molar-refractivity contribution < 1.29 is 9.53 Å². The van der Waals surface area contributed by atoms with Crippen LogP contribution in [-0.4, -0.2) is 44.1 Å². The molecule has 0 fully saturated rings. The zero-order valence-corrected chi connectivity index (χ0v) is 15.4. The maximum atomic E-state index is 11.9. The van der Waals surface area contributed by atoms with Crippen molar-refractivity contribution in [3.05, 3.63) is 53.9 Å². The molecule has 7 heteroatoms. The van der Waals surface area contributed by atoms with Crippen molar-refractivity contribution in [2.24, 2.45) is 4.99 Å². The smallest absolute Gasteiger partial charge is 0.243 e. The van der Waals surface area contributed by atoms with E-state index < -0.39 is 0 Å². The highest BCUT2D eigenvalue weighted by molar-refractivity contribution is 5.94. The van der Waals surface area contributed by atoms with Crippen molar-refractivity contribution in [1.82, 2.24) is 15.6 Å². The molecule has 0 saturated carbocycles. The fourth-order valence-corrected chi connectivity index (χ4v) is 2.37. The van der Waals surface area contributed by atoms with Gasteiger partial charge in [-0.15, -0.1) is 0 Å². The summed E-state index contributed by atoms with van der Waals surface area (Å²) < 4.78 is 5.34. The van der Waals surface area contributed by atoms with E-state index in [9.17, 15) is 4.79 Å². The number of hydrogen-bond donors (Lipinski definition) is 3. The number of carbonyl (C=O) groups is 1. The number of nitrogens with one attached hydrogen (secondary N) is 3. The molecule has 0 spiro atoms. The van der Waals surface area contributed by atoms with E-state index in [1.165, 1.54) is 5.56 Å². The lowest BCUT2D eigenvalue weighted by atomic mass is 10.1. The molecule has 0 aliphatic rings. The highest BCUT2D eigenvalue weighted by atomic mass is 16.5. The van der Waals surface area contributed by atoms with Gasteiger partial charge in [0.05, 0.1) is 25.5 Å². The van der Waals surface area contributed by atoms with Crippen molar-refractivity contribution in [3.63, 3.8) is 0 Å². The second kappa shape index (κ2) is 10.0. The predicted molar refractivity (Wildman–Crippen MR) is 104 cm³/mol. The summed E-state index contributed by atoms with van der Waals surface area (Å²) in [4.78, 5) is 20.0. The Morgan fingerprint density at radius 2 is 2.12 bits per heavy atom. The molecule has 1 aromatic heterocycles. The lowest BCUT2D eigenvalue weighted by Gasteiger charge is -2.12. The van der Waals surface area contributed by atoms with Crippen molar-refractivity contribution in [2.45, 2.75) is 13.3 Å². The van der Waals surface area contributed by atoms with Crippen LogP contribution < -0.4 is 20.7 Å². The normalized spacial score (nSPS) is 11.0. The van der Waals surface area contributed by atoms with Gasteiger partial charge >= 0.3 is 0 Å². The highest BCUT2D eigenvalue weighted by Gasteiger charge is 2.05. The molecule has 2 aromatic rings. The van der Waals surface area contributed by atoms with Gasteiger partial charge in [0, 0.05) is 19.8 Å². The molecular weight excluding hydrogens is 330 g/mol. The van der Waals surface area contributed by atoms with E-state index >= 15 is 0 Å². The Bertz CT molecular complexity index is 747. The van der Waals surface area contributed by atoms with Gasteiger partial charge in [-0.3, -0.25) is 14.8 Å². The van der Waals surface area contributed by atoms with Gasteiger partial charge in [-0.1, -0.05) is 12.1 Å². The summed E-state index contributed by atoms with van der Waals surface area (Å²) in [6, 6.07) is 9.72. The minimum atomic E-state index is -0.163. The molecule has 1 aromatic carbocycles. The van der Waals surface area contributed by atoms with Crippen LogP contribution in [0.3, 0.4) is 0 Å². The van der Waals surface area contributed by atoms with Gasteiger partial charge in [-0.05, 0) is 42.7 Å². The summed E-state index contributed by atoms with van der Waals surface area (Å²) in [5.41, 5.74) is 2.95. The Morgan fingerprint density at radius 3 is 2.81 bits per heavy atom. The first-order valence-electron chi connectivity index (χ1n) is 8.40. The third-order valence-corrected chi connectivity index (χ3v) is 3.76. The maximum absolute atomic E-state index is 11.9. The number of ether oxygens (including phenoxy) is 1. The first-order valence-corrected chi connectivity index (χ1v) is 8.40. The standard InChI is InChI=1S/C19H25N5O2/c1-14-6-7-15(11-17(14)26-3)8-10-22-19(20-2)23-13-18(25)24-16-5-4-9-21-12-16/h4-7,9,11-12H,8,10,13H2,1-3H3,(H,24,25)(H2,20,22,23). The lowest BCUT2D eigenvalue weighted by Crippen LogP contribution is -2.42. The minimum absolute atomic E-state index is 0.118. The number of guanidine groups is 1. The lowest BCUT2D eigenvalue weighted by molar-refractivity contribution is -0.115. The summed E-state index contributed by atoms with van der Waals surface area (Å²) in [7, 11) is 3.34. The minimum Gasteiger partial charge on any atom is -0.496 e. The summed E-state index contributed by atoms with van der Waals surface area (Å²) >= 11 is 0. The number of anilines is 1. The zero-order valence-electron chi connectivity index (χ0n) is 15.4. The van der Waals surface area contributed by atoms with Crippen molar-refractivity contribution in [3.8, 4) is 5.75 Å². The first kappa shape index (κ1) is 19.2. The van der Waals surface area contributed by atoms with E-state index in [-0.39, 0.29) is 12.5 Å². The number of pyridine rings is 1. The molecule has 0 saturated heterocycles. The van der Waals surface area contributed by atoms with Crippen LogP contribution in [0.2, 0.25) is 0 Å². The predicted octanol–water partition coefficient (Wildman–Crippen LogP) is 1.74. The van der Waals surface area contributed by atoms with Gasteiger partial charge in [-0.2, -0.15) is 0 Å². The van der Waals surface area contributed by atoms with E-state index in [2.05, 4.69) is 32.0 Å². The summed E-state index contributed by atoms with van der Waals surface area (Å²) in [6.45, 7) is 2.83. The Hall–Kier alpha value is -3.09. The summed E-state index contributed by atoms with van der Waals surface area (Å²) in [6.07, 6.45) is 4.07. The molecule has 0 aliphatic carbocycles. The summed E-state index contributed by atoms with van der Waals surface area (Å²) in [5, 5.41) is 8.94. The molecule has 0 atom stereocenters. The quantitative estimate of drug-likeness (QED) is 0.520. The van der Waals surface area contributed by atoms with Crippen LogP contribution in [0, 0.1) is 6.92 Å². The van der Waals surface area contributed by atoms with E-state index in [0.29, 0.717) is 18.2 Å². The van der Waals surface area contributed by atoms with Crippen LogP contribution in [0.4, 0.5) is 5.69 Å². The number of aromatic nitrogens is 1. The number of benzene rings is 1. The third-order valence-electron chi connectivity index (χ3n) is 3.76. The summed E-state index contributed by atoms with van der Waals surface area (Å²) in [5.74, 6) is 1.30. The zero-order chi connectivity index (χ0) is 18.8. The van der Waals surface area contributed by atoms with Crippen LogP contribution >= 0.6 is 0 Å². The number of aliphatic imine (C=N–C) groups is 1. The highest BCUT2D eigenvalue weighted by Crippen LogP contribution is 2.18. The van der Waals surface area contributed by atoms with Crippen molar-refractivity contribution in [1.29, 1.82) is 0 Å². The average Bonchev–Trinajstić information content (AvgIpc) is 2.66. The number of aryl methyl sites for hydroxylation is 1. The molecule has 3 N–H and O–H groups in total. The van der Waals surface area contributed by atoms with Crippen LogP contribution in [0.25, 0.3) is 0 Å². The molecule has 0 unspecified atom stereocenters. The number of nitrogens with zero attached hydrogens (tertiary/aromatic N) is 2. The number of carbonyl (C=O) groups excluding carboxylic acids is 1. The number of methoxy groups -OCH3 is 1. The molecule has 7 nitrogen and oxygen atoms in total. The molecule has 1 amide bonds. The first-order chi connectivity index (χ1) is 12.6. The van der Waals surface area contributed by atoms with E-state index in [4.69, 9.17) is 4.74 Å². The molecule has 1 heterocycles. The number of amides is 1. The van der Waals surface area contributed by atoms with Crippen LogP contribution in [0.1, 0.15) is 11.1 Å². The van der Waals surface area contributed by atoms with Crippen LogP contribution in [-0.2, 0) is 11.2 Å². The Morgan fingerprint density at radius 1 is 1.27 bits per heavy atom. The molecular formula is C19H25N5O2. The topological polar surface area (TPSA) is 87.6 Å². The van der Waals surface area contributed by atoms with Crippen LogP contribution in [0.5, 0.6) is 5.75 Å². The average molecular weight is 355 g/mol. The second-order valence-corrected chi connectivity index (χ2v) is 5.70. The number of rotatable bonds is 7. The van der Waals surface area contributed by atoms with Crippen molar-refractivity contribution in [2.75, 3.05) is 32.6 Å². The largest absolute Gasteiger partial charge is 0.496 e. The van der Waals surface area contributed by atoms with Gasteiger partial charge in [0.1, 0.15) is 5.75 Å². The van der Waals surface area contributed by atoms with E-state index in [1.807, 2.05) is 19.1 Å². The molecule has 2 rings (SSSR count). The fourth-order valence-electron chi connectivity index (χ4n) is 2.37. The van der Waals surface area contributed by atoms with Gasteiger partial charge in [-0.25, -0.2) is 0 Å². The molecule has 0 bridgehead atoms. The van der Waals surface area contributed by atoms with Crippen molar-refractivity contribution >= 4 is 17.6 Å². The van der Waals surface area contributed by atoms with Gasteiger partial charge < -0.3 is 20.7 Å². The molecule has 0 aliphatic heterocycles. The third kappa shape index (κ3) is 6.08. The Labute approximate surface area is 153 Å². The monoisotopic (exact) mass is 355 g/mol. The Kier molecular flexibility index (Phi) is 7.42. The van der Waals surface area contributed by atoms with Crippen LogP contribution in [0.15, 0.2) is 47.7 Å². The SMILES string of the molecule is CN=C(NCCc1ccc(C)c(OC)c1)NCC(=O)Nc1cccnc1. The van der Waals surface area contributed by atoms with Gasteiger partial charge in [0.2, 0.25) is 5.91 Å². The fraction of sp³-hybridized carbons (Fsp3) is 0.316. The molecule has 0 radical (unpaired) electrons. The van der Waals surface area contributed by atoms with Gasteiger partial charge in [0.25, 0.3) is 0 Å². The van der Waals surface area contributed by atoms with Gasteiger partial charge in [0.15, 0.2) is 5.96 Å². The maximum Gasteiger partial charge on any atom is 0.243 e. The van der Waals surface area contributed by atoms with E-state index in [0.717, 1.165) is 17.7 Å². The molecule has 26 heavy (non-hydrogen) atoms.